The Kier molecular flexibility index (Phi) is 4.10. The lowest BCUT2D eigenvalue weighted by Crippen LogP contribution is -2.42. The first-order chi connectivity index (χ1) is 11.1. The van der Waals surface area contributed by atoms with Crippen molar-refractivity contribution in [2.45, 2.75) is 25.3 Å². The zero-order valence-corrected chi connectivity index (χ0v) is 12.7. The summed E-state index contributed by atoms with van der Waals surface area (Å²) in [5.74, 6) is -1.28. The fourth-order valence-electron chi connectivity index (χ4n) is 3.03. The molecule has 120 valence electrons. The van der Waals surface area contributed by atoms with E-state index in [1.54, 1.807) is 24.3 Å². The normalized spacial score (nSPS) is 20.4. The maximum Gasteiger partial charge on any atom is 0.310 e. The van der Waals surface area contributed by atoms with Gasteiger partial charge in [-0.1, -0.05) is 18.6 Å². The number of esters is 1. The first-order valence-electron chi connectivity index (χ1n) is 7.48. The molecular formula is C16H17N3O4. The fraction of sp³-hybridized carbons (Fsp3) is 0.375. The van der Waals surface area contributed by atoms with E-state index < -0.39 is 11.3 Å². The molecule has 7 heteroatoms. The van der Waals surface area contributed by atoms with Crippen LogP contribution in [0.2, 0.25) is 0 Å². The fourth-order valence-corrected chi connectivity index (χ4v) is 3.03. The van der Waals surface area contributed by atoms with E-state index in [4.69, 9.17) is 4.74 Å². The second-order valence-electron chi connectivity index (χ2n) is 5.59. The Labute approximate surface area is 132 Å². The van der Waals surface area contributed by atoms with Crippen molar-refractivity contribution in [3.63, 3.8) is 0 Å². The number of para-hydroxylation sites is 1. The van der Waals surface area contributed by atoms with Crippen molar-refractivity contribution in [3.05, 3.63) is 40.2 Å². The molecule has 1 amide bonds. The monoisotopic (exact) mass is 315 g/mol. The van der Waals surface area contributed by atoms with Gasteiger partial charge < -0.3 is 10.1 Å². The molecule has 3 rings (SSSR count). The summed E-state index contributed by atoms with van der Waals surface area (Å²) < 4.78 is 4.76. The Balaban J connectivity index is 1.85. The molecule has 2 atom stereocenters. The van der Waals surface area contributed by atoms with Crippen LogP contribution in [0.4, 0.5) is 0 Å². The predicted octanol–water partition coefficient (Wildman–Crippen LogP) is 0.995. The number of amides is 1. The summed E-state index contributed by atoms with van der Waals surface area (Å²) in [4.78, 5) is 36.5. The van der Waals surface area contributed by atoms with E-state index in [1.165, 1.54) is 7.11 Å². The summed E-state index contributed by atoms with van der Waals surface area (Å²) in [5, 5.41) is 9.73. The topological polar surface area (TPSA) is 101 Å². The number of hydrogen-bond donors (Lipinski definition) is 2. The molecular weight excluding hydrogens is 298 g/mol. The van der Waals surface area contributed by atoms with Gasteiger partial charge in [-0.05, 0) is 25.0 Å². The van der Waals surface area contributed by atoms with Crippen molar-refractivity contribution >= 4 is 22.8 Å². The van der Waals surface area contributed by atoms with Gasteiger partial charge in [0.25, 0.3) is 5.91 Å². The molecule has 23 heavy (non-hydrogen) atoms. The van der Waals surface area contributed by atoms with Gasteiger partial charge in [0.05, 0.1) is 18.5 Å². The zero-order valence-electron chi connectivity index (χ0n) is 12.7. The number of carbonyl (C=O) groups is 2. The molecule has 7 nitrogen and oxygen atoms in total. The maximum absolute atomic E-state index is 12.4. The molecule has 0 spiro atoms. The van der Waals surface area contributed by atoms with E-state index in [0.717, 1.165) is 6.42 Å². The first-order valence-corrected chi connectivity index (χ1v) is 7.48. The van der Waals surface area contributed by atoms with Gasteiger partial charge in [0.2, 0.25) is 5.43 Å². The number of nitrogens with one attached hydrogen (secondary N) is 2. The molecule has 2 unspecified atom stereocenters. The van der Waals surface area contributed by atoms with Crippen LogP contribution in [0, 0.1) is 5.92 Å². The van der Waals surface area contributed by atoms with Gasteiger partial charge in [-0.25, -0.2) is 0 Å². The van der Waals surface area contributed by atoms with Crippen LogP contribution in [-0.2, 0) is 9.53 Å². The number of methoxy groups -OCH3 is 1. The largest absolute Gasteiger partial charge is 0.469 e. The van der Waals surface area contributed by atoms with E-state index in [9.17, 15) is 14.4 Å². The minimum Gasteiger partial charge on any atom is -0.469 e. The van der Waals surface area contributed by atoms with Gasteiger partial charge in [0, 0.05) is 11.4 Å². The molecule has 1 aromatic carbocycles. The minimum absolute atomic E-state index is 0.195. The highest BCUT2D eigenvalue weighted by Crippen LogP contribution is 2.26. The van der Waals surface area contributed by atoms with Crippen LogP contribution in [0.25, 0.3) is 10.9 Å². The number of benzene rings is 1. The number of nitrogens with zero attached hydrogens (tertiary/aromatic N) is 1. The van der Waals surface area contributed by atoms with Crippen LogP contribution < -0.4 is 10.7 Å². The second kappa shape index (κ2) is 6.20. The number of carbonyl (C=O) groups excluding carboxylic acids is 2. The molecule has 0 aliphatic heterocycles. The lowest BCUT2D eigenvalue weighted by atomic mass is 10.0. The number of hydrogen-bond acceptors (Lipinski definition) is 5. The minimum atomic E-state index is -0.571. The molecule has 1 heterocycles. The Morgan fingerprint density at radius 3 is 2.87 bits per heavy atom. The molecule has 0 radical (unpaired) electrons. The summed E-state index contributed by atoms with van der Waals surface area (Å²) in [7, 11) is 1.33. The summed E-state index contributed by atoms with van der Waals surface area (Å²) in [5.41, 5.74) is -0.0500. The van der Waals surface area contributed by atoms with Gasteiger partial charge in [-0.3, -0.25) is 19.5 Å². The number of aromatic nitrogens is 2. The molecule has 1 aromatic heterocycles. The summed E-state index contributed by atoms with van der Waals surface area (Å²) in [6.45, 7) is 0. The lowest BCUT2D eigenvalue weighted by molar-refractivity contribution is -0.145. The average Bonchev–Trinajstić information content (AvgIpc) is 3.02. The number of rotatable bonds is 3. The van der Waals surface area contributed by atoms with Crippen LogP contribution in [0.1, 0.15) is 29.8 Å². The van der Waals surface area contributed by atoms with Gasteiger partial charge in [0.1, 0.15) is 0 Å². The first kappa shape index (κ1) is 15.2. The molecule has 1 fully saturated rings. The molecule has 1 aliphatic carbocycles. The molecule has 1 saturated carbocycles. The lowest BCUT2D eigenvalue weighted by Gasteiger charge is -2.18. The molecule has 0 saturated heterocycles. The van der Waals surface area contributed by atoms with Crippen LogP contribution in [0.3, 0.4) is 0 Å². The number of H-pyrrole nitrogens is 1. The highest BCUT2D eigenvalue weighted by molar-refractivity contribution is 5.95. The third kappa shape index (κ3) is 2.81. The van der Waals surface area contributed by atoms with Crippen molar-refractivity contribution < 1.29 is 14.3 Å². The van der Waals surface area contributed by atoms with Gasteiger partial charge in [0.15, 0.2) is 5.69 Å². The number of aromatic amines is 1. The van der Waals surface area contributed by atoms with E-state index in [0.29, 0.717) is 23.7 Å². The number of ether oxygens (including phenoxy) is 1. The van der Waals surface area contributed by atoms with Crippen molar-refractivity contribution in [2.24, 2.45) is 5.92 Å². The highest BCUT2D eigenvalue weighted by Gasteiger charge is 2.35. The van der Waals surface area contributed by atoms with Crippen molar-refractivity contribution in [3.8, 4) is 0 Å². The summed E-state index contributed by atoms with van der Waals surface area (Å²) in [6, 6.07) is 6.53. The van der Waals surface area contributed by atoms with Gasteiger partial charge in [-0.2, -0.15) is 5.10 Å². The molecule has 2 aromatic rings. The van der Waals surface area contributed by atoms with Gasteiger partial charge >= 0.3 is 5.97 Å². The van der Waals surface area contributed by atoms with E-state index in [2.05, 4.69) is 15.5 Å². The molecule has 2 N–H and O–H groups in total. The van der Waals surface area contributed by atoms with E-state index >= 15 is 0 Å². The third-order valence-corrected chi connectivity index (χ3v) is 4.23. The second-order valence-corrected chi connectivity index (χ2v) is 5.59. The third-order valence-electron chi connectivity index (χ3n) is 4.23. The van der Waals surface area contributed by atoms with Crippen molar-refractivity contribution in [2.75, 3.05) is 7.11 Å². The Morgan fingerprint density at radius 2 is 2.09 bits per heavy atom. The van der Waals surface area contributed by atoms with E-state index in [1.807, 2.05) is 0 Å². The molecule has 0 bridgehead atoms. The predicted molar refractivity (Wildman–Crippen MR) is 83.0 cm³/mol. The average molecular weight is 315 g/mol. The van der Waals surface area contributed by atoms with Crippen LogP contribution in [-0.4, -0.2) is 35.2 Å². The maximum atomic E-state index is 12.4. The Morgan fingerprint density at radius 1 is 1.30 bits per heavy atom. The van der Waals surface area contributed by atoms with E-state index in [-0.39, 0.29) is 23.6 Å². The standard InChI is InChI=1S/C16H17N3O4/c1-23-16(22)10-6-4-8-11(10)17-15(21)13-14(20)9-5-2-3-7-12(9)18-19-13/h2-3,5,7,10-11H,4,6,8H2,1H3,(H,17,21)(H,18,20). The van der Waals surface area contributed by atoms with Crippen molar-refractivity contribution in [1.82, 2.24) is 15.5 Å². The highest BCUT2D eigenvalue weighted by atomic mass is 16.5. The van der Waals surface area contributed by atoms with Gasteiger partial charge in [-0.15, -0.1) is 0 Å². The van der Waals surface area contributed by atoms with Crippen LogP contribution in [0.15, 0.2) is 29.1 Å². The van der Waals surface area contributed by atoms with Crippen LogP contribution in [0.5, 0.6) is 0 Å². The summed E-state index contributed by atoms with van der Waals surface area (Å²) in [6.07, 6.45) is 2.17. The smallest absolute Gasteiger partial charge is 0.310 e. The van der Waals surface area contributed by atoms with Crippen molar-refractivity contribution in [1.29, 1.82) is 0 Å². The van der Waals surface area contributed by atoms with Crippen LogP contribution >= 0.6 is 0 Å². The summed E-state index contributed by atoms with van der Waals surface area (Å²) >= 11 is 0. The Bertz CT molecular complexity index is 814. The molecule has 1 aliphatic rings. The quantitative estimate of drug-likeness (QED) is 0.823. The SMILES string of the molecule is COC(=O)C1CCCC1NC(=O)c1n[nH]c2ccccc2c1=O. The number of fused-ring (bicyclic) bond motifs is 1. The zero-order chi connectivity index (χ0) is 16.4. The Hall–Kier alpha value is -2.70.